The minimum atomic E-state index is -0.0278. The molecule has 1 nitrogen and oxygen atoms in total. The van der Waals surface area contributed by atoms with Crippen molar-refractivity contribution in [3.63, 3.8) is 0 Å². The van der Waals surface area contributed by atoms with E-state index in [0.29, 0.717) is 0 Å². The molecule has 1 heterocycles. The van der Waals surface area contributed by atoms with Gasteiger partial charge in [-0.3, -0.25) is 0 Å². The molecule has 0 unspecified atom stereocenters. The van der Waals surface area contributed by atoms with E-state index in [1.54, 1.807) is 3.88 Å². The Bertz CT molecular complexity index is 291. The van der Waals surface area contributed by atoms with Crippen LogP contribution >= 0.6 is 0 Å². The molecule has 1 aliphatic rings. The first-order chi connectivity index (χ1) is 5.45. The maximum atomic E-state index is 3.25. The van der Waals surface area contributed by atoms with E-state index < -0.39 is 0 Å². The van der Waals surface area contributed by atoms with Crippen molar-refractivity contribution in [2.45, 2.75) is 6.42 Å². The average Bonchev–Trinajstić information content (AvgIpc) is 2.60. The monoisotopic (exact) mass is 249 g/mol. The first-order valence-electron chi connectivity index (χ1n) is 3.71. The van der Waals surface area contributed by atoms with Crippen molar-refractivity contribution in [2.75, 3.05) is 0 Å². The van der Waals surface area contributed by atoms with Crippen LogP contribution in [0.15, 0.2) is 40.4 Å². The summed E-state index contributed by atoms with van der Waals surface area (Å²) in [4.78, 5) is 3.25. The van der Waals surface area contributed by atoms with Gasteiger partial charge in [0.2, 0.25) is 0 Å². The van der Waals surface area contributed by atoms with Crippen LogP contribution in [0.4, 0.5) is 0 Å². The van der Waals surface area contributed by atoms with Crippen LogP contribution in [0, 0.1) is 0 Å². The number of hydrogen-bond donors (Lipinski definition) is 1. The van der Waals surface area contributed by atoms with Gasteiger partial charge in [0.1, 0.15) is 0 Å². The smallest absolute Gasteiger partial charge is 1.00 e. The zero-order valence-electron chi connectivity index (χ0n) is 6.93. The molecular weight excluding hydrogens is 241 g/mol. The van der Waals surface area contributed by atoms with Crippen molar-refractivity contribution in [2.24, 2.45) is 0 Å². The third-order valence-corrected chi connectivity index (χ3v) is 3.65. The summed E-state index contributed by atoms with van der Waals surface area (Å²) in [5.41, 5.74) is 0. The average molecular weight is 250 g/mol. The quantitative estimate of drug-likeness (QED) is 0.510. The number of aromatic nitrogens is 1. The number of rotatable bonds is 2. The summed E-state index contributed by atoms with van der Waals surface area (Å²) in [7, 11) is 0. The first-order valence-corrected chi connectivity index (χ1v) is 5.27. The van der Waals surface area contributed by atoms with Gasteiger partial charge in [0.05, 0.1) is 0 Å². The van der Waals surface area contributed by atoms with Gasteiger partial charge in [-0.1, -0.05) is 0 Å². The molecule has 1 N–H and O–H groups in total. The molecule has 1 aromatic rings. The third-order valence-electron chi connectivity index (χ3n) is 1.66. The fraction of sp³-hybridized carbons (Fsp3) is 0.111. The van der Waals surface area contributed by atoms with Crippen molar-refractivity contribution < 1.29 is 44.0 Å². The standard InChI is InChI=1S/C5H5.C4H4N.2ClH.Ti/c2*1-2-4-5-3-1;;;/h1-3H,4H2;1-3,5H;2*1H;/q;;;;+2/p-2. The van der Waals surface area contributed by atoms with Crippen LogP contribution in [0.5, 0.6) is 0 Å². The summed E-state index contributed by atoms with van der Waals surface area (Å²) in [6.45, 7) is 0. The zero-order valence-corrected chi connectivity index (χ0v) is 10.0. The molecule has 0 fully saturated rings. The second kappa shape index (κ2) is 6.50. The molecule has 0 aromatic carbocycles. The predicted octanol–water partition coefficient (Wildman–Crippen LogP) is -4.43. The Balaban J connectivity index is 0.000000720. The van der Waals surface area contributed by atoms with E-state index in [2.05, 4.69) is 35.3 Å². The normalized spacial score (nSPS) is 12.5. The van der Waals surface area contributed by atoms with Crippen LogP contribution in [0.3, 0.4) is 0 Å². The van der Waals surface area contributed by atoms with E-state index in [1.807, 2.05) is 6.20 Å². The maximum absolute atomic E-state index is 3.25. The zero-order chi connectivity index (χ0) is 7.52. The van der Waals surface area contributed by atoms with Crippen LogP contribution < -0.4 is 28.8 Å². The van der Waals surface area contributed by atoms with E-state index in [-0.39, 0.29) is 44.0 Å². The Hall–Kier alpha value is 0.0543. The van der Waals surface area contributed by atoms with Gasteiger partial charge in [-0.2, -0.15) is 0 Å². The van der Waals surface area contributed by atoms with E-state index in [1.165, 1.54) is 10.4 Å². The number of aromatic amines is 1. The minimum Gasteiger partial charge on any atom is -1.00 e. The van der Waals surface area contributed by atoms with E-state index in [4.69, 9.17) is 0 Å². The molecule has 1 aliphatic carbocycles. The van der Waals surface area contributed by atoms with Gasteiger partial charge in [0.15, 0.2) is 0 Å². The van der Waals surface area contributed by atoms with Crippen molar-refractivity contribution >= 4 is 4.00 Å². The SMILES string of the molecule is C1=CC[C]([Ti+2][c]2ccc[nH]2)=C1.[Cl-].[Cl-]. The fourth-order valence-corrected chi connectivity index (χ4v) is 2.81. The summed E-state index contributed by atoms with van der Waals surface area (Å²) < 4.78 is 3.05. The molecule has 0 saturated heterocycles. The molecule has 0 bridgehead atoms. The van der Waals surface area contributed by atoms with Crippen LogP contribution in [0.2, 0.25) is 0 Å². The van der Waals surface area contributed by atoms with E-state index in [9.17, 15) is 0 Å². The van der Waals surface area contributed by atoms with Crippen LogP contribution in [-0.2, 0) is 19.2 Å². The summed E-state index contributed by atoms with van der Waals surface area (Å²) in [5, 5.41) is 0. The summed E-state index contributed by atoms with van der Waals surface area (Å²) in [6, 6.07) is 4.25. The van der Waals surface area contributed by atoms with Gasteiger partial charge >= 0.3 is 75.0 Å². The van der Waals surface area contributed by atoms with Crippen molar-refractivity contribution in [1.82, 2.24) is 4.98 Å². The number of halogens is 2. The Morgan fingerprint density at radius 1 is 1.31 bits per heavy atom. The van der Waals surface area contributed by atoms with Gasteiger partial charge in [0, 0.05) is 0 Å². The van der Waals surface area contributed by atoms with Crippen molar-refractivity contribution in [3.05, 3.63) is 40.4 Å². The topological polar surface area (TPSA) is 15.8 Å². The number of allylic oxidation sites excluding steroid dienone is 4. The second-order valence-corrected chi connectivity index (χ2v) is 4.77. The first kappa shape index (κ1) is 13.1. The molecule has 1 aromatic heterocycles. The minimum absolute atomic E-state index is 0. The molecule has 68 valence electrons. The molecular formula is C9H9Cl2NTi. The van der Waals surface area contributed by atoms with Crippen LogP contribution in [0.1, 0.15) is 6.42 Å². The van der Waals surface area contributed by atoms with Crippen LogP contribution in [-0.4, -0.2) is 4.98 Å². The summed E-state index contributed by atoms with van der Waals surface area (Å²) in [5.74, 6) is 0. The summed E-state index contributed by atoms with van der Waals surface area (Å²) in [6.07, 6.45) is 9.81. The summed E-state index contributed by atoms with van der Waals surface area (Å²) >= 11 is -0.0278. The largest absolute Gasteiger partial charge is 1.00 e. The van der Waals surface area contributed by atoms with Gasteiger partial charge in [-0.05, 0) is 0 Å². The van der Waals surface area contributed by atoms with Gasteiger partial charge < -0.3 is 24.8 Å². The van der Waals surface area contributed by atoms with Crippen LogP contribution in [0.25, 0.3) is 0 Å². The second-order valence-electron chi connectivity index (χ2n) is 2.53. The Morgan fingerprint density at radius 2 is 2.15 bits per heavy atom. The van der Waals surface area contributed by atoms with Crippen molar-refractivity contribution in [3.8, 4) is 0 Å². The molecule has 0 radical (unpaired) electrons. The number of H-pyrrole nitrogens is 1. The van der Waals surface area contributed by atoms with E-state index >= 15 is 0 Å². The molecule has 0 aliphatic heterocycles. The molecule has 0 atom stereocenters. The molecule has 13 heavy (non-hydrogen) atoms. The predicted molar refractivity (Wildman–Crippen MR) is 42.3 cm³/mol. The molecule has 0 amide bonds. The Morgan fingerprint density at radius 3 is 2.69 bits per heavy atom. The van der Waals surface area contributed by atoms with Gasteiger partial charge in [-0.15, -0.1) is 0 Å². The molecule has 2 rings (SSSR count). The molecule has 0 saturated carbocycles. The molecule has 4 heteroatoms. The molecule has 0 spiro atoms. The Labute approximate surface area is 99.4 Å². The fourth-order valence-electron chi connectivity index (χ4n) is 1.12. The van der Waals surface area contributed by atoms with E-state index in [0.717, 1.165) is 0 Å². The maximum Gasteiger partial charge on any atom is -1.00 e. The number of nitrogens with one attached hydrogen (secondary N) is 1. The Kier molecular flexibility index (Phi) is 6.53. The van der Waals surface area contributed by atoms with Gasteiger partial charge in [0.25, 0.3) is 0 Å². The van der Waals surface area contributed by atoms with Crippen molar-refractivity contribution in [1.29, 1.82) is 0 Å². The third kappa shape index (κ3) is 3.74. The number of hydrogen-bond acceptors (Lipinski definition) is 0. The van der Waals surface area contributed by atoms with Gasteiger partial charge in [-0.25, -0.2) is 0 Å².